The largest absolute Gasteiger partial charge is 0.491 e. The van der Waals surface area contributed by atoms with Crippen molar-refractivity contribution in [2.75, 3.05) is 13.2 Å². The second-order valence-corrected chi connectivity index (χ2v) is 9.10. The smallest absolute Gasteiger partial charge is 0.204 e. The number of allylic oxidation sites excluding steroid dienone is 1. The molecule has 1 aliphatic rings. The molecule has 4 rings (SSSR count). The van der Waals surface area contributed by atoms with Gasteiger partial charge in [-0.25, -0.2) is 8.78 Å². The standard InChI is InChI=1S/C30H30F4O2/c1-3-5-19-6-10-21(11-7-19)23-14-15-24(28(32)27(23)31)22-12-8-20(9-13-22)18-36-26-17-16-25(35-4-2)29(33)30(26)34/h3,5-7,10-11,14-17,20,22H,4,8-9,12-13,18H2,1-2H3. The van der Waals surface area contributed by atoms with Crippen LogP contribution in [0.15, 0.2) is 54.6 Å². The maximum atomic E-state index is 15.1. The fraction of sp³-hybridized carbons (Fsp3) is 0.333. The van der Waals surface area contributed by atoms with Crippen LogP contribution in [0.2, 0.25) is 0 Å². The predicted octanol–water partition coefficient (Wildman–Crippen LogP) is 8.69. The van der Waals surface area contributed by atoms with Crippen LogP contribution in [0.1, 0.15) is 56.6 Å². The first-order valence-corrected chi connectivity index (χ1v) is 12.4. The Morgan fingerprint density at radius 2 is 1.39 bits per heavy atom. The van der Waals surface area contributed by atoms with Gasteiger partial charge in [-0.2, -0.15) is 8.78 Å². The summed E-state index contributed by atoms with van der Waals surface area (Å²) in [6.07, 6.45) is 6.65. The van der Waals surface area contributed by atoms with Gasteiger partial charge in [0.2, 0.25) is 11.6 Å². The molecule has 2 nitrogen and oxygen atoms in total. The third-order valence-electron chi connectivity index (χ3n) is 6.77. The van der Waals surface area contributed by atoms with Crippen LogP contribution in [0.25, 0.3) is 17.2 Å². The van der Waals surface area contributed by atoms with Crippen LogP contribution in [-0.2, 0) is 0 Å². The molecule has 0 radical (unpaired) electrons. The molecule has 0 atom stereocenters. The lowest BCUT2D eigenvalue weighted by Gasteiger charge is -2.29. The Hall–Kier alpha value is -3.28. The van der Waals surface area contributed by atoms with Crippen LogP contribution in [0, 0.1) is 29.2 Å². The summed E-state index contributed by atoms with van der Waals surface area (Å²) in [6.45, 7) is 4.08. The molecule has 0 amide bonds. The zero-order valence-electron chi connectivity index (χ0n) is 20.5. The highest BCUT2D eigenvalue weighted by Crippen LogP contribution is 2.39. The third kappa shape index (κ3) is 5.58. The van der Waals surface area contributed by atoms with Gasteiger partial charge in [-0.15, -0.1) is 0 Å². The summed E-state index contributed by atoms with van der Waals surface area (Å²) in [7, 11) is 0. The first-order valence-electron chi connectivity index (χ1n) is 12.4. The minimum Gasteiger partial charge on any atom is -0.491 e. The SMILES string of the molecule is CC=Cc1ccc(-c2ccc(C3CCC(COc4ccc(OCC)c(F)c4F)CC3)c(F)c2F)cc1. The summed E-state index contributed by atoms with van der Waals surface area (Å²) in [4.78, 5) is 0. The van der Waals surface area contributed by atoms with Crippen molar-refractivity contribution >= 4 is 6.08 Å². The van der Waals surface area contributed by atoms with Crippen molar-refractivity contribution in [2.45, 2.75) is 45.4 Å². The van der Waals surface area contributed by atoms with Crippen LogP contribution in [0.5, 0.6) is 11.5 Å². The Balaban J connectivity index is 1.37. The van der Waals surface area contributed by atoms with Gasteiger partial charge in [-0.3, -0.25) is 0 Å². The molecule has 0 spiro atoms. The normalized spacial score (nSPS) is 17.9. The Morgan fingerprint density at radius 3 is 2.00 bits per heavy atom. The maximum Gasteiger partial charge on any atom is 0.204 e. The summed E-state index contributed by atoms with van der Waals surface area (Å²) >= 11 is 0. The highest BCUT2D eigenvalue weighted by Gasteiger charge is 2.27. The molecule has 0 aliphatic heterocycles. The Kier molecular flexibility index (Phi) is 8.34. The summed E-state index contributed by atoms with van der Waals surface area (Å²) in [5.74, 6) is -4.02. The molecule has 1 fully saturated rings. The Labute approximate surface area is 209 Å². The van der Waals surface area contributed by atoms with E-state index < -0.39 is 23.3 Å². The van der Waals surface area contributed by atoms with Crippen LogP contribution < -0.4 is 9.47 Å². The molecule has 0 heterocycles. The lowest BCUT2D eigenvalue weighted by atomic mass is 9.78. The Bertz CT molecular complexity index is 1210. The molecule has 0 N–H and O–H groups in total. The van der Waals surface area contributed by atoms with E-state index in [0.717, 1.165) is 18.4 Å². The molecule has 3 aromatic rings. The van der Waals surface area contributed by atoms with Crippen LogP contribution in [0.3, 0.4) is 0 Å². The summed E-state index contributed by atoms with van der Waals surface area (Å²) < 4.78 is 69.0. The molecular weight excluding hydrogens is 468 g/mol. The quantitative estimate of drug-likeness (QED) is 0.289. The van der Waals surface area contributed by atoms with Crippen molar-refractivity contribution < 1.29 is 27.0 Å². The minimum absolute atomic E-state index is 0.0958. The van der Waals surface area contributed by atoms with Crippen LogP contribution >= 0.6 is 0 Å². The van der Waals surface area contributed by atoms with Crippen molar-refractivity contribution in [1.82, 2.24) is 0 Å². The first-order chi connectivity index (χ1) is 17.4. The zero-order chi connectivity index (χ0) is 25.7. The van der Waals surface area contributed by atoms with E-state index in [4.69, 9.17) is 9.47 Å². The first kappa shape index (κ1) is 25.8. The van der Waals surface area contributed by atoms with Gasteiger partial charge in [-0.05, 0) is 80.2 Å². The fourth-order valence-corrected chi connectivity index (χ4v) is 4.81. The monoisotopic (exact) mass is 498 g/mol. The molecule has 0 aromatic heterocycles. The van der Waals surface area contributed by atoms with E-state index in [0.29, 0.717) is 24.0 Å². The van der Waals surface area contributed by atoms with E-state index in [1.165, 1.54) is 12.1 Å². The minimum atomic E-state index is -1.07. The summed E-state index contributed by atoms with van der Waals surface area (Å²) in [5.41, 5.74) is 2.26. The molecule has 6 heteroatoms. The molecule has 0 unspecified atom stereocenters. The maximum absolute atomic E-state index is 15.1. The van der Waals surface area contributed by atoms with E-state index in [9.17, 15) is 13.2 Å². The predicted molar refractivity (Wildman–Crippen MR) is 134 cm³/mol. The van der Waals surface area contributed by atoms with Gasteiger partial charge in [0, 0.05) is 5.56 Å². The number of halogens is 4. The van der Waals surface area contributed by atoms with Gasteiger partial charge in [0.05, 0.1) is 13.2 Å². The topological polar surface area (TPSA) is 18.5 Å². The number of ether oxygens (including phenoxy) is 2. The van der Waals surface area contributed by atoms with Gasteiger partial charge < -0.3 is 9.47 Å². The second kappa shape index (κ2) is 11.6. The van der Waals surface area contributed by atoms with Crippen LogP contribution in [0.4, 0.5) is 17.6 Å². The molecule has 1 aliphatic carbocycles. The molecule has 0 bridgehead atoms. The van der Waals surface area contributed by atoms with Crippen LogP contribution in [-0.4, -0.2) is 13.2 Å². The average molecular weight is 499 g/mol. The third-order valence-corrected chi connectivity index (χ3v) is 6.77. The lowest BCUT2D eigenvalue weighted by Crippen LogP contribution is -2.20. The fourth-order valence-electron chi connectivity index (χ4n) is 4.81. The van der Waals surface area contributed by atoms with Gasteiger partial charge in [-0.1, -0.05) is 48.6 Å². The van der Waals surface area contributed by atoms with Crippen molar-refractivity contribution in [3.63, 3.8) is 0 Å². The average Bonchev–Trinajstić information content (AvgIpc) is 2.89. The molecule has 190 valence electrons. The number of hydrogen-bond donors (Lipinski definition) is 0. The van der Waals surface area contributed by atoms with E-state index in [2.05, 4.69) is 0 Å². The van der Waals surface area contributed by atoms with E-state index in [1.807, 2.05) is 31.2 Å². The highest BCUT2D eigenvalue weighted by atomic mass is 19.2. The molecule has 3 aromatic carbocycles. The summed E-state index contributed by atoms with van der Waals surface area (Å²) in [5, 5.41) is 0. The van der Waals surface area contributed by atoms with Crippen molar-refractivity contribution in [2.24, 2.45) is 5.92 Å². The number of rotatable bonds is 8. The van der Waals surface area contributed by atoms with Gasteiger partial charge >= 0.3 is 0 Å². The Morgan fingerprint density at radius 1 is 0.750 bits per heavy atom. The van der Waals surface area contributed by atoms with E-state index >= 15 is 4.39 Å². The molecular formula is C30H30F4O2. The van der Waals surface area contributed by atoms with Crippen molar-refractivity contribution in [3.8, 4) is 22.6 Å². The summed E-state index contributed by atoms with van der Waals surface area (Å²) in [6, 6.07) is 13.4. The molecule has 0 saturated heterocycles. The lowest BCUT2D eigenvalue weighted by molar-refractivity contribution is 0.191. The van der Waals surface area contributed by atoms with Crippen molar-refractivity contribution in [1.29, 1.82) is 0 Å². The molecule has 1 saturated carbocycles. The van der Waals surface area contributed by atoms with Gasteiger partial charge in [0.15, 0.2) is 23.1 Å². The zero-order valence-corrected chi connectivity index (χ0v) is 20.5. The van der Waals surface area contributed by atoms with E-state index in [-0.39, 0.29) is 42.1 Å². The highest BCUT2D eigenvalue weighted by molar-refractivity contribution is 5.67. The van der Waals surface area contributed by atoms with Gasteiger partial charge in [0.1, 0.15) is 0 Å². The van der Waals surface area contributed by atoms with Crippen molar-refractivity contribution in [3.05, 3.63) is 89.0 Å². The number of benzene rings is 3. The van der Waals surface area contributed by atoms with E-state index in [1.54, 1.807) is 31.2 Å². The molecule has 36 heavy (non-hydrogen) atoms. The number of hydrogen-bond acceptors (Lipinski definition) is 2. The second-order valence-electron chi connectivity index (χ2n) is 9.10. The van der Waals surface area contributed by atoms with Gasteiger partial charge in [0.25, 0.3) is 0 Å².